The fourth-order valence-electron chi connectivity index (χ4n) is 1.99. The van der Waals surface area contributed by atoms with E-state index in [1.165, 1.54) is 4.90 Å². The molecule has 0 aliphatic rings. The van der Waals surface area contributed by atoms with Gasteiger partial charge in [-0.3, -0.25) is 4.79 Å². The van der Waals surface area contributed by atoms with Crippen LogP contribution >= 0.6 is 0 Å². The highest BCUT2D eigenvalue weighted by atomic mass is 16.5. The molecule has 2 aromatic carbocycles. The van der Waals surface area contributed by atoms with Crippen LogP contribution in [0.5, 0.6) is 5.75 Å². The van der Waals surface area contributed by atoms with E-state index in [1.54, 1.807) is 38.4 Å². The summed E-state index contributed by atoms with van der Waals surface area (Å²) in [4.78, 5) is 25.4. The summed E-state index contributed by atoms with van der Waals surface area (Å²) in [6.07, 6.45) is 0. The summed E-state index contributed by atoms with van der Waals surface area (Å²) in [6.45, 7) is 0.188. The maximum atomic E-state index is 12.0. The zero-order valence-corrected chi connectivity index (χ0v) is 13.2. The molecule has 0 radical (unpaired) electrons. The third kappa shape index (κ3) is 4.85. The first-order chi connectivity index (χ1) is 11.1. The Labute approximate surface area is 135 Å². The van der Waals surface area contributed by atoms with Crippen LogP contribution in [0.25, 0.3) is 0 Å². The second kappa shape index (κ2) is 7.98. The van der Waals surface area contributed by atoms with Gasteiger partial charge in [-0.05, 0) is 29.8 Å². The second-order valence-corrected chi connectivity index (χ2v) is 5.04. The lowest BCUT2D eigenvalue weighted by atomic mass is 10.2. The molecule has 1 amide bonds. The van der Waals surface area contributed by atoms with Crippen LogP contribution in [0.4, 0.5) is 0 Å². The van der Waals surface area contributed by atoms with Crippen molar-refractivity contribution in [1.82, 2.24) is 4.90 Å². The highest BCUT2D eigenvalue weighted by Gasteiger charge is 2.13. The monoisotopic (exact) mass is 313 g/mol. The van der Waals surface area contributed by atoms with Gasteiger partial charge in [-0.1, -0.05) is 30.3 Å². The van der Waals surface area contributed by atoms with Crippen molar-refractivity contribution in [3.63, 3.8) is 0 Å². The Hall–Kier alpha value is -2.82. The fraction of sp³-hybridized carbons (Fsp3) is 0.222. The first-order valence-electron chi connectivity index (χ1n) is 7.19. The number of carbonyl (C=O) groups excluding carboxylic acids is 2. The van der Waals surface area contributed by atoms with E-state index >= 15 is 0 Å². The molecule has 0 unspecified atom stereocenters. The van der Waals surface area contributed by atoms with Crippen molar-refractivity contribution in [3.05, 3.63) is 65.7 Å². The lowest BCUT2D eigenvalue weighted by molar-refractivity contribution is -0.133. The molecule has 5 heteroatoms. The summed E-state index contributed by atoms with van der Waals surface area (Å²) in [5.74, 6) is -0.134. The lowest BCUT2D eigenvalue weighted by Crippen LogP contribution is -2.30. The number of carbonyl (C=O) groups is 2. The molecule has 0 bridgehead atoms. The van der Waals surface area contributed by atoms with Crippen molar-refractivity contribution in [2.24, 2.45) is 0 Å². The largest absolute Gasteiger partial charge is 0.497 e. The van der Waals surface area contributed by atoms with Gasteiger partial charge in [0, 0.05) is 13.6 Å². The molecule has 0 aliphatic carbocycles. The van der Waals surface area contributed by atoms with Gasteiger partial charge < -0.3 is 14.4 Å². The minimum atomic E-state index is -0.533. The average molecular weight is 313 g/mol. The van der Waals surface area contributed by atoms with Crippen molar-refractivity contribution in [3.8, 4) is 5.75 Å². The van der Waals surface area contributed by atoms with Crippen LogP contribution in [0.3, 0.4) is 0 Å². The Bertz CT molecular complexity index is 652. The second-order valence-electron chi connectivity index (χ2n) is 5.04. The molecule has 0 saturated heterocycles. The third-order valence-corrected chi connectivity index (χ3v) is 3.34. The van der Waals surface area contributed by atoms with E-state index in [2.05, 4.69) is 0 Å². The van der Waals surface area contributed by atoms with Crippen LogP contribution in [-0.2, 0) is 16.1 Å². The van der Waals surface area contributed by atoms with Gasteiger partial charge >= 0.3 is 5.97 Å². The quantitative estimate of drug-likeness (QED) is 0.769. The number of methoxy groups -OCH3 is 1. The molecular formula is C18H19NO4. The number of nitrogens with zero attached hydrogens (tertiary/aromatic N) is 1. The Balaban J connectivity index is 1.84. The van der Waals surface area contributed by atoms with Gasteiger partial charge in [-0.2, -0.15) is 0 Å². The van der Waals surface area contributed by atoms with Crippen LogP contribution in [0.1, 0.15) is 15.9 Å². The van der Waals surface area contributed by atoms with Crippen molar-refractivity contribution >= 4 is 11.9 Å². The standard InChI is InChI=1S/C18H19NO4/c1-19(12-14-6-4-3-5-7-14)17(20)13-23-18(21)15-8-10-16(22-2)11-9-15/h3-11H,12-13H2,1-2H3. The van der Waals surface area contributed by atoms with E-state index in [4.69, 9.17) is 9.47 Å². The van der Waals surface area contributed by atoms with Crippen molar-refractivity contribution in [2.45, 2.75) is 6.54 Å². The molecule has 0 fully saturated rings. The average Bonchev–Trinajstić information content (AvgIpc) is 2.60. The molecular weight excluding hydrogens is 294 g/mol. The summed E-state index contributed by atoms with van der Waals surface area (Å²) in [7, 11) is 3.23. The summed E-state index contributed by atoms with van der Waals surface area (Å²) in [5.41, 5.74) is 1.40. The molecule has 0 aromatic heterocycles. The minimum Gasteiger partial charge on any atom is -0.497 e. The third-order valence-electron chi connectivity index (χ3n) is 3.34. The number of likely N-dealkylation sites (N-methyl/N-ethyl adjacent to an activating group) is 1. The molecule has 0 N–H and O–H groups in total. The molecule has 0 spiro atoms. The van der Waals surface area contributed by atoms with E-state index in [1.807, 2.05) is 30.3 Å². The number of ether oxygens (including phenoxy) is 2. The fourth-order valence-corrected chi connectivity index (χ4v) is 1.99. The number of hydrogen-bond acceptors (Lipinski definition) is 4. The van der Waals surface area contributed by atoms with Crippen LogP contribution in [0, 0.1) is 0 Å². The molecule has 2 aromatic rings. The molecule has 0 atom stereocenters. The van der Waals surface area contributed by atoms with Gasteiger partial charge in [0.05, 0.1) is 12.7 Å². The summed E-state index contributed by atoms with van der Waals surface area (Å²) < 4.78 is 10.1. The van der Waals surface area contributed by atoms with Gasteiger partial charge in [-0.15, -0.1) is 0 Å². The molecule has 5 nitrogen and oxygen atoms in total. The molecule has 2 rings (SSSR count). The molecule has 120 valence electrons. The number of benzene rings is 2. The van der Waals surface area contributed by atoms with E-state index in [9.17, 15) is 9.59 Å². The van der Waals surface area contributed by atoms with Crippen LogP contribution in [0.15, 0.2) is 54.6 Å². The smallest absolute Gasteiger partial charge is 0.338 e. The lowest BCUT2D eigenvalue weighted by Gasteiger charge is -2.17. The van der Waals surface area contributed by atoms with Gasteiger partial charge in [0.25, 0.3) is 5.91 Å². The van der Waals surface area contributed by atoms with Crippen molar-refractivity contribution < 1.29 is 19.1 Å². The van der Waals surface area contributed by atoms with Gasteiger partial charge in [0.2, 0.25) is 0 Å². The SMILES string of the molecule is COc1ccc(C(=O)OCC(=O)N(C)Cc2ccccc2)cc1. The highest BCUT2D eigenvalue weighted by Crippen LogP contribution is 2.12. The van der Waals surface area contributed by atoms with Crippen molar-refractivity contribution in [2.75, 3.05) is 20.8 Å². The van der Waals surface area contributed by atoms with Crippen molar-refractivity contribution in [1.29, 1.82) is 0 Å². The number of rotatable bonds is 6. The Morgan fingerprint density at radius 1 is 1.00 bits per heavy atom. The zero-order chi connectivity index (χ0) is 16.7. The van der Waals surface area contributed by atoms with Crippen LogP contribution in [-0.4, -0.2) is 37.5 Å². The van der Waals surface area contributed by atoms with Crippen LogP contribution < -0.4 is 4.74 Å². The topological polar surface area (TPSA) is 55.8 Å². The first-order valence-corrected chi connectivity index (χ1v) is 7.19. The van der Waals surface area contributed by atoms with E-state index in [0.717, 1.165) is 5.56 Å². The van der Waals surface area contributed by atoms with Gasteiger partial charge in [0.15, 0.2) is 6.61 Å². The van der Waals surface area contributed by atoms with Crippen LogP contribution in [0.2, 0.25) is 0 Å². The predicted octanol–water partition coefficient (Wildman–Crippen LogP) is 2.51. The summed E-state index contributed by atoms with van der Waals surface area (Å²) in [6, 6.07) is 16.1. The number of amides is 1. The maximum Gasteiger partial charge on any atom is 0.338 e. The van der Waals surface area contributed by atoms with E-state index in [-0.39, 0.29) is 12.5 Å². The molecule has 0 heterocycles. The summed E-state index contributed by atoms with van der Waals surface area (Å²) >= 11 is 0. The Morgan fingerprint density at radius 2 is 1.65 bits per heavy atom. The minimum absolute atomic E-state index is 0.254. The number of hydrogen-bond donors (Lipinski definition) is 0. The maximum absolute atomic E-state index is 12.0. The Morgan fingerprint density at radius 3 is 2.26 bits per heavy atom. The molecule has 23 heavy (non-hydrogen) atoms. The first kappa shape index (κ1) is 16.5. The van der Waals surface area contributed by atoms with Gasteiger partial charge in [-0.25, -0.2) is 4.79 Å². The summed E-state index contributed by atoms with van der Waals surface area (Å²) in [5, 5.41) is 0. The highest BCUT2D eigenvalue weighted by molar-refractivity contribution is 5.91. The Kier molecular flexibility index (Phi) is 5.74. The van der Waals surface area contributed by atoms with E-state index < -0.39 is 5.97 Å². The molecule has 0 aliphatic heterocycles. The normalized spacial score (nSPS) is 10.0. The molecule has 0 saturated carbocycles. The zero-order valence-electron chi connectivity index (χ0n) is 13.2. The number of esters is 1. The predicted molar refractivity (Wildman–Crippen MR) is 86.2 cm³/mol. The van der Waals surface area contributed by atoms with E-state index in [0.29, 0.717) is 17.9 Å². The van der Waals surface area contributed by atoms with Gasteiger partial charge in [0.1, 0.15) is 5.75 Å².